The molecule has 0 saturated heterocycles. The molecule has 0 spiro atoms. The Morgan fingerprint density at radius 3 is 2.46 bits per heavy atom. The summed E-state index contributed by atoms with van der Waals surface area (Å²) >= 11 is 0. The average molecular weight is 384 g/mol. The van der Waals surface area contributed by atoms with Crippen LogP contribution in [0.1, 0.15) is 16.8 Å². The zero-order valence-electron chi connectivity index (χ0n) is 16.9. The number of aromatic hydroxyl groups is 1. The van der Waals surface area contributed by atoms with Crippen molar-refractivity contribution < 1.29 is 9.90 Å². The smallest absolute Gasteiger partial charge is 0.240 e. The van der Waals surface area contributed by atoms with E-state index >= 15 is 0 Å². The molecule has 1 aliphatic rings. The van der Waals surface area contributed by atoms with Gasteiger partial charge in [0.1, 0.15) is 11.6 Å². The van der Waals surface area contributed by atoms with E-state index in [1.54, 1.807) is 29.2 Å². The fourth-order valence-electron chi connectivity index (χ4n) is 3.36. The number of carbonyl (C=O) groups excluding carboxylic acids is 1. The fourth-order valence-corrected chi connectivity index (χ4v) is 3.36. The van der Waals surface area contributed by atoms with Gasteiger partial charge in [0.15, 0.2) is 0 Å². The molecule has 0 radical (unpaired) electrons. The van der Waals surface area contributed by atoms with Crippen LogP contribution in [0.25, 0.3) is 0 Å². The largest absolute Gasteiger partial charge is 0.508 e. The molecule has 1 aliphatic heterocycles. The molecule has 8 heteroatoms. The van der Waals surface area contributed by atoms with Gasteiger partial charge in [-0.2, -0.15) is 4.98 Å². The quantitative estimate of drug-likeness (QED) is 0.785. The van der Waals surface area contributed by atoms with Crippen molar-refractivity contribution in [3.05, 3.63) is 41.1 Å². The van der Waals surface area contributed by atoms with E-state index in [4.69, 9.17) is 5.73 Å². The van der Waals surface area contributed by atoms with Gasteiger partial charge in [-0.25, -0.2) is 4.98 Å². The maximum atomic E-state index is 12.9. The standard InChI is InChI=1S/C20H28N6O2/c1-24(2)18-15-9-10-26(12-17(15)22-20(23-18)25(3)4)19(28)16(21)11-13-5-7-14(27)8-6-13/h5-8,16,27H,9-12,21H2,1-4H3/t16-/m0/s1. The molecule has 2 aromatic rings. The third-order valence-corrected chi connectivity index (χ3v) is 4.88. The predicted molar refractivity (Wildman–Crippen MR) is 110 cm³/mol. The number of phenols is 1. The number of phenolic OH excluding ortho intramolecular Hbond substituents is 1. The predicted octanol–water partition coefficient (Wildman–Crippen LogP) is 0.769. The number of fused-ring (bicyclic) bond motifs is 1. The summed E-state index contributed by atoms with van der Waals surface area (Å²) in [6.45, 7) is 1.03. The molecule has 8 nitrogen and oxygen atoms in total. The first-order valence-corrected chi connectivity index (χ1v) is 9.33. The normalized spacial score (nSPS) is 14.4. The SMILES string of the molecule is CN(C)c1nc2c(c(N(C)C)n1)CCN(C(=O)[C@@H](N)Cc1ccc(O)cc1)C2. The van der Waals surface area contributed by atoms with Gasteiger partial charge in [-0.3, -0.25) is 4.79 Å². The Bertz CT molecular complexity index is 851. The first-order valence-electron chi connectivity index (χ1n) is 9.33. The Balaban J connectivity index is 1.78. The van der Waals surface area contributed by atoms with Gasteiger partial charge in [0.2, 0.25) is 11.9 Å². The lowest BCUT2D eigenvalue weighted by atomic mass is 10.0. The number of aromatic nitrogens is 2. The lowest BCUT2D eigenvalue weighted by molar-refractivity contribution is -0.133. The number of hydrogen-bond donors (Lipinski definition) is 2. The first-order chi connectivity index (χ1) is 13.3. The lowest BCUT2D eigenvalue weighted by Gasteiger charge is -2.32. The summed E-state index contributed by atoms with van der Waals surface area (Å²) in [6.07, 6.45) is 1.13. The maximum Gasteiger partial charge on any atom is 0.240 e. The van der Waals surface area contributed by atoms with Crippen LogP contribution in [-0.2, 0) is 24.2 Å². The number of nitrogens with zero attached hydrogens (tertiary/aromatic N) is 5. The molecular weight excluding hydrogens is 356 g/mol. The Kier molecular flexibility index (Phi) is 5.69. The molecule has 1 atom stereocenters. The van der Waals surface area contributed by atoms with Crippen LogP contribution in [0, 0.1) is 0 Å². The van der Waals surface area contributed by atoms with Crippen LogP contribution in [0.5, 0.6) is 5.75 Å². The van der Waals surface area contributed by atoms with Crippen LogP contribution in [0.3, 0.4) is 0 Å². The van der Waals surface area contributed by atoms with Gasteiger partial charge in [0.05, 0.1) is 18.3 Å². The van der Waals surface area contributed by atoms with Gasteiger partial charge in [0.25, 0.3) is 0 Å². The number of nitrogens with two attached hydrogens (primary N) is 1. The van der Waals surface area contributed by atoms with E-state index in [0.29, 0.717) is 31.9 Å². The number of amides is 1. The minimum Gasteiger partial charge on any atom is -0.508 e. The minimum atomic E-state index is -0.630. The maximum absolute atomic E-state index is 12.9. The van der Waals surface area contributed by atoms with E-state index in [9.17, 15) is 9.90 Å². The van der Waals surface area contributed by atoms with Crippen molar-refractivity contribution in [2.75, 3.05) is 44.5 Å². The Labute approximate surface area is 165 Å². The van der Waals surface area contributed by atoms with E-state index in [-0.39, 0.29) is 11.7 Å². The van der Waals surface area contributed by atoms with Gasteiger partial charge in [-0.15, -0.1) is 0 Å². The monoisotopic (exact) mass is 384 g/mol. The Morgan fingerprint density at radius 1 is 1.18 bits per heavy atom. The van der Waals surface area contributed by atoms with E-state index in [1.165, 1.54) is 0 Å². The van der Waals surface area contributed by atoms with Crippen LogP contribution < -0.4 is 15.5 Å². The third kappa shape index (κ3) is 4.17. The molecule has 0 bridgehead atoms. The highest BCUT2D eigenvalue weighted by Gasteiger charge is 2.29. The number of rotatable bonds is 5. The summed E-state index contributed by atoms with van der Waals surface area (Å²) in [5.74, 6) is 1.64. The van der Waals surface area contributed by atoms with Gasteiger partial charge in [-0.1, -0.05) is 12.1 Å². The molecule has 0 unspecified atom stereocenters. The molecule has 3 N–H and O–H groups in total. The first kappa shape index (κ1) is 19.9. The molecule has 2 heterocycles. The zero-order valence-corrected chi connectivity index (χ0v) is 16.9. The molecule has 28 heavy (non-hydrogen) atoms. The second-order valence-corrected chi connectivity index (χ2v) is 7.55. The highest BCUT2D eigenvalue weighted by Crippen LogP contribution is 2.27. The molecule has 0 aliphatic carbocycles. The van der Waals surface area contributed by atoms with E-state index < -0.39 is 6.04 Å². The van der Waals surface area contributed by atoms with Crippen molar-refractivity contribution in [2.24, 2.45) is 5.73 Å². The molecule has 0 fully saturated rings. The van der Waals surface area contributed by atoms with Crippen LogP contribution >= 0.6 is 0 Å². The molecule has 1 aromatic heterocycles. The molecular formula is C20H28N6O2. The van der Waals surface area contributed by atoms with Gasteiger partial charge in [-0.05, 0) is 30.5 Å². The second-order valence-electron chi connectivity index (χ2n) is 7.55. The zero-order chi connectivity index (χ0) is 20.4. The van der Waals surface area contributed by atoms with Crippen LogP contribution in [0.15, 0.2) is 24.3 Å². The van der Waals surface area contributed by atoms with Crippen molar-refractivity contribution >= 4 is 17.7 Å². The van der Waals surface area contributed by atoms with Crippen molar-refractivity contribution in [1.29, 1.82) is 0 Å². The summed E-state index contributed by atoms with van der Waals surface area (Å²) in [5, 5.41) is 9.39. The number of anilines is 2. The molecule has 1 amide bonds. The third-order valence-electron chi connectivity index (χ3n) is 4.88. The second kappa shape index (κ2) is 8.02. The van der Waals surface area contributed by atoms with Gasteiger partial charge >= 0.3 is 0 Å². The number of carbonyl (C=O) groups is 1. The summed E-state index contributed by atoms with van der Waals surface area (Å²) in [7, 11) is 7.74. The van der Waals surface area contributed by atoms with Crippen molar-refractivity contribution in [2.45, 2.75) is 25.4 Å². The van der Waals surface area contributed by atoms with Crippen molar-refractivity contribution in [3.8, 4) is 5.75 Å². The summed E-state index contributed by atoms with van der Waals surface area (Å²) in [5.41, 5.74) is 9.07. The van der Waals surface area contributed by atoms with E-state index in [2.05, 4.69) is 9.97 Å². The van der Waals surface area contributed by atoms with Gasteiger partial charge < -0.3 is 25.5 Å². The Hall–Kier alpha value is -2.87. The van der Waals surface area contributed by atoms with Crippen LogP contribution in [-0.4, -0.2) is 66.7 Å². The minimum absolute atomic E-state index is 0.0878. The number of hydrogen-bond acceptors (Lipinski definition) is 7. The van der Waals surface area contributed by atoms with E-state index in [1.807, 2.05) is 38.0 Å². The lowest BCUT2D eigenvalue weighted by Crippen LogP contribution is -2.47. The number of benzene rings is 1. The highest BCUT2D eigenvalue weighted by atomic mass is 16.3. The van der Waals surface area contributed by atoms with Gasteiger partial charge in [0, 0.05) is 40.3 Å². The molecule has 3 rings (SSSR count). The van der Waals surface area contributed by atoms with E-state index in [0.717, 1.165) is 22.6 Å². The molecule has 150 valence electrons. The molecule has 1 aromatic carbocycles. The van der Waals surface area contributed by atoms with Crippen molar-refractivity contribution in [1.82, 2.24) is 14.9 Å². The van der Waals surface area contributed by atoms with Crippen molar-refractivity contribution in [3.63, 3.8) is 0 Å². The summed E-state index contributed by atoms with van der Waals surface area (Å²) in [4.78, 5) is 27.8. The van der Waals surface area contributed by atoms with Crippen LogP contribution in [0.2, 0.25) is 0 Å². The van der Waals surface area contributed by atoms with Crippen LogP contribution in [0.4, 0.5) is 11.8 Å². The Morgan fingerprint density at radius 2 is 1.86 bits per heavy atom. The average Bonchev–Trinajstić information content (AvgIpc) is 2.67. The summed E-state index contributed by atoms with van der Waals surface area (Å²) in [6, 6.07) is 6.15. The highest BCUT2D eigenvalue weighted by molar-refractivity contribution is 5.82. The summed E-state index contributed by atoms with van der Waals surface area (Å²) < 4.78 is 0. The fraction of sp³-hybridized carbons (Fsp3) is 0.450. The molecule has 0 saturated carbocycles. The topological polar surface area (TPSA) is 98.8 Å².